The largest absolute Gasteiger partial charge is 0.424 e. The fourth-order valence-corrected chi connectivity index (χ4v) is 4.99. The second-order valence-corrected chi connectivity index (χ2v) is 8.69. The molecule has 0 amide bonds. The molecule has 6 nitrogen and oxygen atoms in total. The van der Waals surface area contributed by atoms with Gasteiger partial charge in [-0.3, -0.25) is 9.47 Å². The zero-order valence-electron chi connectivity index (χ0n) is 18.8. The summed E-state index contributed by atoms with van der Waals surface area (Å²) in [5.41, 5.74) is 3.63. The Kier molecular flexibility index (Phi) is 6.28. The first-order chi connectivity index (χ1) is 16.2. The summed E-state index contributed by atoms with van der Waals surface area (Å²) in [7, 11) is 0. The number of imidazole rings is 1. The SMILES string of the molecule is O=c1n(O)c2ccccc2n1CCCN1CCN(C(c2ccccc2)c2ccccc2)CC1. The van der Waals surface area contributed by atoms with Crippen molar-refractivity contribution in [3.8, 4) is 0 Å². The van der Waals surface area contributed by atoms with E-state index in [1.165, 1.54) is 11.1 Å². The Morgan fingerprint density at radius 3 is 1.85 bits per heavy atom. The fourth-order valence-electron chi connectivity index (χ4n) is 4.99. The number of rotatable bonds is 7. The molecule has 0 unspecified atom stereocenters. The third-order valence-electron chi connectivity index (χ3n) is 6.67. The van der Waals surface area contributed by atoms with Gasteiger partial charge in [-0.1, -0.05) is 72.8 Å². The summed E-state index contributed by atoms with van der Waals surface area (Å²) in [6, 6.07) is 29.1. The molecule has 1 N–H and O–H groups in total. The molecule has 0 aliphatic carbocycles. The number of benzene rings is 3. The van der Waals surface area contributed by atoms with Crippen molar-refractivity contribution in [1.29, 1.82) is 0 Å². The molecule has 33 heavy (non-hydrogen) atoms. The zero-order valence-corrected chi connectivity index (χ0v) is 18.8. The number of aryl methyl sites for hydroxylation is 1. The van der Waals surface area contributed by atoms with Crippen LogP contribution in [0, 0.1) is 0 Å². The van der Waals surface area contributed by atoms with Gasteiger partial charge in [-0.25, -0.2) is 4.79 Å². The van der Waals surface area contributed by atoms with E-state index >= 15 is 0 Å². The number of piperazine rings is 1. The third kappa shape index (κ3) is 4.45. The quantitative estimate of drug-likeness (QED) is 0.442. The van der Waals surface area contributed by atoms with Gasteiger partial charge in [-0.2, -0.15) is 0 Å². The van der Waals surface area contributed by atoms with Crippen LogP contribution in [0.2, 0.25) is 0 Å². The molecule has 4 aromatic rings. The number of hydrogen-bond acceptors (Lipinski definition) is 4. The number of hydrogen-bond donors (Lipinski definition) is 1. The summed E-state index contributed by atoms with van der Waals surface area (Å²) >= 11 is 0. The molecule has 0 radical (unpaired) electrons. The van der Waals surface area contributed by atoms with Gasteiger partial charge in [0.25, 0.3) is 0 Å². The highest BCUT2D eigenvalue weighted by atomic mass is 16.5. The predicted octanol–water partition coefficient (Wildman–Crippen LogP) is 3.84. The standard InChI is InChI=1S/C27H30N4O2/c32-27-30(24-14-7-8-15-25(24)31(27)33)17-9-16-28-18-20-29(21-19-28)26(22-10-3-1-4-11-22)23-12-5-2-6-13-23/h1-8,10-15,26,33H,9,16-21H2. The molecule has 0 bridgehead atoms. The number of fused-ring (bicyclic) bond motifs is 1. The van der Waals surface area contributed by atoms with Gasteiger partial charge in [0.05, 0.1) is 11.6 Å². The van der Waals surface area contributed by atoms with Crippen LogP contribution in [0.15, 0.2) is 89.7 Å². The summed E-state index contributed by atoms with van der Waals surface area (Å²) < 4.78 is 2.42. The Morgan fingerprint density at radius 1 is 0.697 bits per heavy atom. The van der Waals surface area contributed by atoms with E-state index in [4.69, 9.17) is 0 Å². The average Bonchev–Trinajstić information content (AvgIpc) is 3.11. The van der Waals surface area contributed by atoms with Crippen molar-refractivity contribution in [2.24, 2.45) is 0 Å². The second kappa shape index (κ2) is 9.65. The van der Waals surface area contributed by atoms with Gasteiger partial charge in [0.15, 0.2) is 0 Å². The molecular formula is C27H30N4O2. The van der Waals surface area contributed by atoms with Crippen LogP contribution in [0.5, 0.6) is 0 Å². The predicted molar refractivity (Wildman–Crippen MR) is 131 cm³/mol. The van der Waals surface area contributed by atoms with E-state index in [1.807, 2.05) is 18.2 Å². The van der Waals surface area contributed by atoms with E-state index in [1.54, 1.807) is 10.6 Å². The minimum Gasteiger partial charge on any atom is -0.424 e. The lowest BCUT2D eigenvalue weighted by molar-refractivity contribution is 0.107. The minimum atomic E-state index is -0.366. The molecule has 1 aliphatic heterocycles. The summed E-state index contributed by atoms with van der Waals surface area (Å²) in [5.74, 6) is 0. The monoisotopic (exact) mass is 442 g/mol. The van der Waals surface area contributed by atoms with Crippen LogP contribution in [0.4, 0.5) is 0 Å². The molecule has 0 spiro atoms. The van der Waals surface area contributed by atoms with Crippen LogP contribution in [0.3, 0.4) is 0 Å². The smallest absolute Gasteiger partial charge is 0.361 e. The molecule has 1 aromatic heterocycles. The highest BCUT2D eigenvalue weighted by molar-refractivity contribution is 5.75. The topological polar surface area (TPSA) is 53.6 Å². The Balaban J connectivity index is 1.21. The van der Waals surface area contributed by atoms with Gasteiger partial charge in [0.1, 0.15) is 5.52 Å². The summed E-state index contributed by atoms with van der Waals surface area (Å²) in [5, 5.41) is 10.1. The average molecular weight is 443 g/mol. The van der Waals surface area contributed by atoms with E-state index in [2.05, 4.69) is 70.5 Å². The van der Waals surface area contributed by atoms with Gasteiger partial charge in [0, 0.05) is 32.7 Å². The minimum absolute atomic E-state index is 0.267. The molecule has 0 atom stereocenters. The number of aromatic nitrogens is 2. The van der Waals surface area contributed by atoms with Crippen LogP contribution < -0.4 is 5.69 Å². The van der Waals surface area contributed by atoms with Crippen molar-refractivity contribution in [3.05, 3.63) is 107 Å². The van der Waals surface area contributed by atoms with Gasteiger partial charge >= 0.3 is 5.69 Å². The zero-order chi connectivity index (χ0) is 22.6. The summed E-state index contributed by atoms with van der Waals surface area (Å²) in [4.78, 5) is 17.5. The van der Waals surface area contributed by atoms with Crippen LogP contribution in [-0.4, -0.2) is 57.0 Å². The van der Waals surface area contributed by atoms with Crippen LogP contribution in [0.25, 0.3) is 11.0 Å². The Bertz CT molecular complexity index is 1200. The first kappa shape index (κ1) is 21.5. The first-order valence-electron chi connectivity index (χ1n) is 11.7. The van der Waals surface area contributed by atoms with E-state index in [9.17, 15) is 10.0 Å². The molecule has 5 rings (SSSR count). The lowest BCUT2D eigenvalue weighted by atomic mass is 9.96. The van der Waals surface area contributed by atoms with Crippen LogP contribution >= 0.6 is 0 Å². The van der Waals surface area contributed by atoms with E-state index in [0.29, 0.717) is 12.1 Å². The van der Waals surface area contributed by atoms with E-state index < -0.39 is 0 Å². The molecule has 2 heterocycles. The molecule has 1 fully saturated rings. The maximum Gasteiger partial charge on any atom is 0.361 e. The highest BCUT2D eigenvalue weighted by Gasteiger charge is 2.26. The van der Waals surface area contributed by atoms with Crippen LogP contribution in [-0.2, 0) is 6.54 Å². The Hall–Kier alpha value is -3.35. The first-order valence-corrected chi connectivity index (χ1v) is 11.7. The maximum absolute atomic E-state index is 12.4. The lowest BCUT2D eigenvalue weighted by Gasteiger charge is -2.39. The highest BCUT2D eigenvalue weighted by Crippen LogP contribution is 2.29. The van der Waals surface area contributed by atoms with Gasteiger partial charge in [-0.05, 0) is 36.2 Å². The Morgan fingerprint density at radius 2 is 1.24 bits per heavy atom. The lowest BCUT2D eigenvalue weighted by Crippen LogP contribution is -2.48. The molecule has 1 saturated heterocycles. The van der Waals surface area contributed by atoms with Gasteiger partial charge in [-0.15, -0.1) is 4.73 Å². The molecule has 6 heteroatoms. The molecule has 1 aliphatic rings. The van der Waals surface area contributed by atoms with Crippen molar-refractivity contribution >= 4 is 11.0 Å². The molecule has 170 valence electrons. The normalized spacial score (nSPS) is 15.4. The van der Waals surface area contributed by atoms with Crippen molar-refractivity contribution in [2.75, 3.05) is 32.7 Å². The summed E-state index contributed by atoms with van der Waals surface area (Å²) in [6.45, 7) is 5.56. The van der Waals surface area contributed by atoms with Crippen molar-refractivity contribution < 1.29 is 5.21 Å². The third-order valence-corrected chi connectivity index (χ3v) is 6.67. The van der Waals surface area contributed by atoms with Crippen LogP contribution in [0.1, 0.15) is 23.6 Å². The molecular weight excluding hydrogens is 412 g/mol. The van der Waals surface area contributed by atoms with Gasteiger partial charge in [0.2, 0.25) is 0 Å². The van der Waals surface area contributed by atoms with Crippen molar-refractivity contribution in [2.45, 2.75) is 19.0 Å². The number of para-hydroxylation sites is 2. The maximum atomic E-state index is 12.4. The van der Waals surface area contributed by atoms with E-state index in [0.717, 1.165) is 49.4 Å². The van der Waals surface area contributed by atoms with Crippen molar-refractivity contribution in [1.82, 2.24) is 19.1 Å². The molecule has 3 aromatic carbocycles. The fraction of sp³-hybridized carbons (Fsp3) is 0.296. The number of nitrogens with zero attached hydrogens (tertiary/aromatic N) is 4. The Labute approximate surface area is 193 Å². The van der Waals surface area contributed by atoms with E-state index in [-0.39, 0.29) is 11.7 Å². The molecule has 0 saturated carbocycles. The summed E-state index contributed by atoms with van der Waals surface area (Å²) in [6.07, 6.45) is 0.870. The van der Waals surface area contributed by atoms with Crippen molar-refractivity contribution in [3.63, 3.8) is 0 Å². The van der Waals surface area contributed by atoms with Gasteiger partial charge < -0.3 is 10.1 Å². The second-order valence-electron chi connectivity index (χ2n) is 8.69.